The Morgan fingerprint density at radius 1 is 1.62 bits per heavy atom. The fourth-order valence-corrected chi connectivity index (χ4v) is 1.31. The van der Waals surface area contributed by atoms with E-state index in [2.05, 4.69) is 0 Å². The van der Waals surface area contributed by atoms with Gasteiger partial charge in [0, 0.05) is 0 Å². The lowest BCUT2D eigenvalue weighted by Crippen LogP contribution is -2.50. The number of rotatable bonds is 1. The van der Waals surface area contributed by atoms with Crippen LogP contribution in [0.1, 0.15) is 19.3 Å². The molecule has 0 aromatic carbocycles. The van der Waals surface area contributed by atoms with Gasteiger partial charge < -0.3 is 10.3 Å². The van der Waals surface area contributed by atoms with Crippen molar-refractivity contribution >= 4 is 11.1 Å². The van der Waals surface area contributed by atoms with Gasteiger partial charge in [0.15, 0.2) is 0 Å². The zero-order chi connectivity index (χ0) is 6.20. The van der Waals surface area contributed by atoms with Gasteiger partial charge >= 0.3 is 0 Å². The Balaban J connectivity index is 2.53. The van der Waals surface area contributed by atoms with Crippen molar-refractivity contribution in [2.24, 2.45) is 5.73 Å². The summed E-state index contributed by atoms with van der Waals surface area (Å²) in [5.74, 6) is 0. The van der Waals surface area contributed by atoms with Gasteiger partial charge in [-0.1, -0.05) is 0 Å². The van der Waals surface area contributed by atoms with Crippen LogP contribution < -0.4 is 5.73 Å². The summed E-state index contributed by atoms with van der Waals surface area (Å²) in [6.45, 7) is 0. The quantitative estimate of drug-likeness (QED) is 0.501. The molecule has 2 N–H and O–H groups in total. The third kappa shape index (κ3) is 0.788. The van der Waals surface area contributed by atoms with Crippen LogP contribution in [0, 0.1) is 0 Å². The monoisotopic (exact) mass is 134 g/mol. The van der Waals surface area contributed by atoms with Crippen molar-refractivity contribution in [2.75, 3.05) is 0 Å². The molecule has 1 saturated carbocycles. The molecule has 1 unspecified atom stereocenters. The lowest BCUT2D eigenvalue weighted by atomic mass is 9.93. The van der Waals surface area contributed by atoms with E-state index >= 15 is 0 Å². The highest BCUT2D eigenvalue weighted by molar-refractivity contribution is 7.80. The molecule has 0 radical (unpaired) electrons. The average Bonchev–Trinajstić information content (AvgIpc) is 1.60. The highest BCUT2D eigenvalue weighted by Gasteiger charge is 2.33. The summed E-state index contributed by atoms with van der Waals surface area (Å²) in [5.41, 5.74) is 5.33. The van der Waals surface area contributed by atoms with Gasteiger partial charge in [-0.25, -0.2) is 0 Å². The van der Waals surface area contributed by atoms with Crippen LogP contribution in [0.25, 0.3) is 0 Å². The maximum Gasteiger partial charge on any atom is 0.0788 e. The van der Waals surface area contributed by atoms with E-state index in [1.165, 1.54) is 0 Å². The smallest absolute Gasteiger partial charge is 0.0788 e. The normalized spacial score (nSPS) is 28.8. The molecule has 0 amide bonds. The van der Waals surface area contributed by atoms with Crippen LogP contribution in [-0.4, -0.2) is 13.6 Å². The van der Waals surface area contributed by atoms with Crippen molar-refractivity contribution in [1.29, 1.82) is 0 Å². The van der Waals surface area contributed by atoms with Crippen LogP contribution in [0.4, 0.5) is 0 Å². The first-order valence-corrected chi connectivity index (χ1v) is 3.61. The summed E-state index contributed by atoms with van der Waals surface area (Å²) in [5, 5.41) is 0. The van der Waals surface area contributed by atoms with Crippen molar-refractivity contribution in [3.8, 4) is 0 Å². The standard InChI is InChI=1S/C4H9NO2S/c5-4(8(6)7)2-1-3-4/h1-3,5H2,(H,6,7)/p-1. The second-order valence-electron chi connectivity index (χ2n) is 2.15. The van der Waals surface area contributed by atoms with Crippen LogP contribution in [0.3, 0.4) is 0 Å². The second kappa shape index (κ2) is 1.79. The molecule has 0 aliphatic heterocycles. The first kappa shape index (κ1) is 6.19. The van der Waals surface area contributed by atoms with E-state index in [9.17, 15) is 8.76 Å². The molecule has 1 atom stereocenters. The van der Waals surface area contributed by atoms with Gasteiger partial charge in [0.05, 0.1) is 4.87 Å². The van der Waals surface area contributed by atoms with E-state index in [1.807, 2.05) is 0 Å². The molecule has 1 aliphatic rings. The molecule has 48 valence electrons. The van der Waals surface area contributed by atoms with E-state index in [0.29, 0.717) is 12.8 Å². The van der Waals surface area contributed by atoms with Crippen molar-refractivity contribution in [3.63, 3.8) is 0 Å². The van der Waals surface area contributed by atoms with Gasteiger partial charge in [-0.05, 0) is 30.3 Å². The number of hydrogen-bond acceptors (Lipinski definition) is 3. The Kier molecular flexibility index (Phi) is 1.38. The fraction of sp³-hybridized carbons (Fsp3) is 1.00. The van der Waals surface area contributed by atoms with Crippen molar-refractivity contribution in [1.82, 2.24) is 0 Å². The predicted octanol–water partition coefficient (Wildman–Crippen LogP) is -0.296. The zero-order valence-electron chi connectivity index (χ0n) is 4.42. The summed E-state index contributed by atoms with van der Waals surface area (Å²) in [4.78, 5) is -0.861. The highest BCUT2D eigenvalue weighted by Crippen LogP contribution is 2.30. The van der Waals surface area contributed by atoms with E-state index in [1.54, 1.807) is 0 Å². The SMILES string of the molecule is NC1(S(=O)[O-])CCC1. The van der Waals surface area contributed by atoms with Gasteiger partial charge in [-0.3, -0.25) is 4.21 Å². The molecule has 0 aromatic rings. The topological polar surface area (TPSA) is 66.2 Å². The molecule has 0 spiro atoms. The molecule has 0 aromatic heterocycles. The molecule has 4 heteroatoms. The maximum absolute atomic E-state index is 10.2. The third-order valence-electron chi connectivity index (χ3n) is 1.53. The molecular weight excluding hydrogens is 126 g/mol. The van der Waals surface area contributed by atoms with Crippen LogP contribution in [0.5, 0.6) is 0 Å². The van der Waals surface area contributed by atoms with Crippen LogP contribution in [0.2, 0.25) is 0 Å². The fourth-order valence-electron chi connectivity index (χ4n) is 0.692. The van der Waals surface area contributed by atoms with Gasteiger partial charge in [0.2, 0.25) is 0 Å². The lowest BCUT2D eigenvalue weighted by molar-refractivity contribution is 0.335. The minimum absolute atomic E-state index is 0.628. The van der Waals surface area contributed by atoms with Gasteiger partial charge in [-0.2, -0.15) is 0 Å². The Labute approximate surface area is 50.5 Å². The number of nitrogens with two attached hydrogens (primary N) is 1. The summed E-state index contributed by atoms with van der Waals surface area (Å²) in [6.07, 6.45) is 2.21. The van der Waals surface area contributed by atoms with Crippen LogP contribution >= 0.6 is 0 Å². The summed E-state index contributed by atoms with van der Waals surface area (Å²) >= 11 is -2.06. The Bertz CT molecular complexity index is 121. The van der Waals surface area contributed by atoms with E-state index in [-0.39, 0.29) is 0 Å². The summed E-state index contributed by atoms with van der Waals surface area (Å²) in [7, 11) is 0. The summed E-state index contributed by atoms with van der Waals surface area (Å²) in [6, 6.07) is 0. The summed E-state index contributed by atoms with van der Waals surface area (Å²) < 4.78 is 20.4. The highest BCUT2D eigenvalue weighted by atomic mass is 32.2. The van der Waals surface area contributed by atoms with Crippen molar-refractivity contribution in [3.05, 3.63) is 0 Å². The van der Waals surface area contributed by atoms with Gasteiger partial charge in [-0.15, -0.1) is 0 Å². The molecule has 1 rings (SSSR count). The van der Waals surface area contributed by atoms with E-state index in [0.717, 1.165) is 6.42 Å². The number of hydrogen-bond donors (Lipinski definition) is 1. The lowest BCUT2D eigenvalue weighted by Gasteiger charge is -2.39. The second-order valence-corrected chi connectivity index (χ2v) is 3.44. The minimum atomic E-state index is -2.06. The molecule has 8 heavy (non-hydrogen) atoms. The molecule has 0 heterocycles. The largest absolute Gasteiger partial charge is 0.771 e. The Hall–Kier alpha value is 0.0700. The maximum atomic E-state index is 10.2. The molecule has 0 saturated heterocycles. The van der Waals surface area contributed by atoms with Gasteiger partial charge in [0.1, 0.15) is 0 Å². The Morgan fingerprint density at radius 2 is 2.12 bits per heavy atom. The average molecular weight is 134 g/mol. The molecule has 1 fully saturated rings. The Morgan fingerprint density at radius 3 is 2.12 bits per heavy atom. The molecule has 1 aliphatic carbocycles. The first-order chi connectivity index (χ1) is 3.65. The van der Waals surface area contributed by atoms with Crippen LogP contribution in [0.15, 0.2) is 0 Å². The zero-order valence-corrected chi connectivity index (χ0v) is 5.24. The molecular formula is C4H8NO2S-. The third-order valence-corrected chi connectivity index (χ3v) is 2.60. The van der Waals surface area contributed by atoms with Gasteiger partial charge in [0.25, 0.3) is 0 Å². The molecule has 3 nitrogen and oxygen atoms in total. The van der Waals surface area contributed by atoms with Crippen molar-refractivity contribution < 1.29 is 8.76 Å². The first-order valence-electron chi connectivity index (χ1n) is 2.53. The van der Waals surface area contributed by atoms with Crippen molar-refractivity contribution in [2.45, 2.75) is 24.1 Å². The molecule has 0 bridgehead atoms. The van der Waals surface area contributed by atoms with Crippen LogP contribution in [-0.2, 0) is 11.1 Å². The van der Waals surface area contributed by atoms with E-state index < -0.39 is 16.0 Å². The minimum Gasteiger partial charge on any atom is -0.771 e. The predicted molar refractivity (Wildman–Crippen MR) is 29.7 cm³/mol. The van der Waals surface area contributed by atoms with E-state index in [4.69, 9.17) is 5.73 Å².